The molecule has 0 aliphatic carbocycles. The molecule has 1 rings (SSSR count). The quantitative estimate of drug-likeness (QED) is 0.650. The van der Waals surface area contributed by atoms with Crippen LogP contribution in [0.2, 0.25) is 5.22 Å². The normalized spacial score (nSPS) is 10.1. The lowest BCUT2D eigenvalue weighted by Crippen LogP contribution is -1.85. The van der Waals surface area contributed by atoms with Crippen LogP contribution < -0.4 is 0 Å². The summed E-state index contributed by atoms with van der Waals surface area (Å²) in [5.41, 5.74) is 0.162. The van der Waals surface area contributed by atoms with Crippen LogP contribution in [0, 0.1) is 11.3 Å². The van der Waals surface area contributed by atoms with Gasteiger partial charge in [0.2, 0.25) is 5.22 Å². The van der Waals surface area contributed by atoms with Gasteiger partial charge in [-0.05, 0) is 11.6 Å². The summed E-state index contributed by atoms with van der Waals surface area (Å²) in [4.78, 5) is 3.87. The van der Waals surface area contributed by atoms with Crippen LogP contribution in [0.15, 0.2) is 4.42 Å². The highest BCUT2D eigenvalue weighted by atomic mass is 35.5. The minimum Gasteiger partial charge on any atom is -0.428 e. The molecule has 0 fully saturated rings. The molecule has 0 aliphatic rings. The van der Waals surface area contributed by atoms with Crippen LogP contribution in [0.5, 0.6) is 0 Å². The van der Waals surface area contributed by atoms with Crippen molar-refractivity contribution in [1.82, 2.24) is 4.98 Å². The number of aromatic nitrogens is 1. The Labute approximate surface area is 69.6 Å². The Hall–Kier alpha value is -1.01. The molecule has 0 saturated heterocycles. The predicted molar refractivity (Wildman–Crippen MR) is 40.3 cm³/mol. The number of rotatable bonds is 1. The molecule has 11 heavy (non-hydrogen) atoms. The summed E-state index contributed by atoms with van der Waals surface area (Å²) in [6, 6.07) is 1.83. The minimum absolute atomic E-state index is 0.0798. The molecule has 0 amide bonds. The Balaban J connectivity index is 3.07. The fourth-order valence-electron chi connectivity index (χ4n) is 0.633. The molecule has 4 heteroatoms. The molecule has 0 saturated carbocycles. The van der Waals surface area contributed by atoms with E-state index in [-0.39, 0.29) is 16.8 Å². The lowest BCUT2D eigenvalue weighted by Gasteiger charge is -1.93. The van der Waals surface area contributed by atoms with Gasteiger partial charge >= 0.3 is 0 Å². The third kappa shape index (κ3) is 1.52. The summed E-state index contributed by atoms with van der Waals surface area (Å²) in [7, 11) is 0. The molecule has 1 aromatic rings. The highest BCUT2D eigenvalue weighted by Gasteiger charge is 2.12. The van der Waals surface area contributed by atoms with Gasteiger partial charge in [0.15, 0.2) is 11.6 Å². The largest absolute Gasteiger partial charge is 0.428 e. The fraction of sp³-hybridized carbons (Fsp3) is 0.429. The van der Waals surface area contributed by atoms with Gasteiger partial charge in [0.25, 0.3) is 0 Å². The average molecular weight is 171 g/mol. The van der Waals surface area contributed by atoms with Gasteiger partial charge in [-0.15, -0.1) is 0 Å². The maximum atomic E-state index is 8.46. The maximum Gasteiger partial charge on any atom is 0.232 e. The van der Waals surface area contributed by atoms with Crippen molar-refractivity contribution < 1.29 is 4.42 Å². The molecule has 0 aromatic carbocycles. The molecule has 0 unspecified atom stereocenters. The van der Waals surface area contributed by atoms with Gasteiger partial charge < -0.3 is 4.42 Å². The number of halogens is 1. The minimum atomic E-state index is 0.0798. The van der Waals surface area contributed by atoms with Crippen LogP contribution in [-0.2, 0) is 0 Å². The van der Waals surface area contributed by atoms with Gasteiger partial charge in [0, 0.05) is 5.92 Å². The first-order chi connectivity index (χ1) is 5.15. The Kier molecular flexibility index (Phi) is 2.16. The predicted octanol–water partition coefficient (Wildman–Crippen LogP) is 2.32. The van der Waals surface area contributed by atoms with Crippen LogP contribution >= 0.6 is 11.6 Å². The third-order valence-electron chi connectivity index (χ3n) is 1.20. The zero-order valence-electron chi connectivity index (χ0n) is 6.26. The Morgan fingerprint density at radius 2 is 2.27 bits per heavy atom. The molecule has 0 N–H and O–H groups in total. The lowest BCUT2D eigenvalue weighted by molar-refractivity contribution is 0.472. The second-order valence-corrected chi connectivity index (χ2v) is 2.78. The van der Waals surface area contributed by atoms with Crippen molar-refractivity contribution >= 4 is 11.6 Å². The van der Waals surface area contributed by atoms with E-state index in [2.05, 4.69) is 4.98 Å². The molecule has 1 heterocycles. The van der Waals surface area contributed by atoms with Gasteiger partial charge in [-0.1, -0.05) is 13.8 Å². The van der Waals surface area contributed by atoms with E-state index in [1.165, 1.54) is 0 Å². The summed E-state index contributed by atoms with van der Waals surface area (Å²) < 4.78 is 5.00. The first kappa shape index (κ1) is 8.09. The van der Waals surface area contributed by atoms with E-state index >= 15 is 0 Å². The zero-order valence-corrected chi connectivity index (χ0v) is 7.01. The van der Waals surface area contributed by atoms with Crippen LogP contribution in [-0.4, -0.2) is 4.98 Å². The second kappa shape index (κ2) is 2.93. The highest BCUT2D eigenvalue weighted by Crippen LogP contribution is 2.21. The molecular formula is C7H7ClN2O. The van der Waals surface area contributed by atoms with Crippen molar-refractivity contribution in [3.63, 3.8) is 0 Å². The monoisotopic (exact) mass is 170 g/mol. The van der Waals surface area contributed by atoms with E-state index in [0.717, 1.165) is 0 Å². The van der Waals surface area contributed by atoms with E-state index < -0.39 is 0 Å². The van der Waals surface area contributed by atoms with Crippen LogP contribution in [0.1, 0.15) is 31.4 Å². The molecule has 1 aromatic heterocycles. The van der Waals surface area contributed by atoms with Crippen LogP contribution in [0.25, 0.3) is 0 Å². The van der Waals surface area contributed by atoms with Crippen molar-refractivity contribution in [2.45, 2.75) is 19.8 Å². The van der Waals surface area contributed by atoms with Gasteiger partial charge in [0.1, 0.15) is 6.07 Å². The summed E-state index contributed by atoms with van der Waals surface area (Å²) in [5.74, 6) is 0.668. The van der Waals surface area contributed by atoms with Crippen molar-refractivity contribution in [2.75, 3.05) is 0 Å². The number of nitriles is 1. The van der Waals surface area contributed by atoms with Gasteiger partial charge in [-0.25, -0.2) is 4.98 Å². The SMILES string of the molecule is CC(C)c1nc(C#N)c(Cl)o1. The molecule has 3 nitrogen and oxygen atoms in total. The zero-order chi connectivity index (χ0) is 8.43. The summed E-state index contributed by atoms with van der Waals surface area (Å²) in [6.07, 6.45) is 0. The summed E-state index contributed by atoms with van der Waals surface area (Å²) in [5, 5.41) is 8.54. The van der Waals surface area contributed by atoms with Crippen LogP contribution in [0.3, 0.4) is 0 Å². The Morgan fingerprint density at radius 3 is 2.55 bits per heavy atom. The average Bonchev–Trinajstić information content (AvgIpc) is 2.31. The van der Waals surface area contributed by atoms with Crippen molar-refractivity contribution in [3.8, 4) is 6.07 Å². The second-order valence-electron chi connectivity index (χ2n) is 2.44. The highest BCUT2D eigenvalue weighted by molar-refractivity contribution is 6.29. The summed E-state index contributed by atoms with van der Waals surface area (Å²) in [6.45, 7) is 3.84. The van der Waals surface area contributed by atoms with Crippen molar-refractivity contribution in [2.24, 2.45) is 0 Å². The number of oxazole rings is 1. The lowest BCUT2D eigenvalue weighted by atomic mass is 10.2. The molecule has 0 aliphatic heterocycles. The summed E-state index contributed by atoms with van der Waals surface area (Å²) >= 11 is 5.54. The van der Waals surface area contributed by atoms with Gasteiger partial charge in [-0.2, -0.15) is 5.26 Å². The number of nitrogens with zero attached hydrogens (tertiary/aromatic N) is 2. The van der Waals surface area contributed by atoms with E-state index in [1.54, 1.807) is 0 Å². The molecule has 0 atom stereocenters. The third-order valence-corrected chi connectivity index (χ3v) is 1.46. The fourth-order valence-corrected chi connectivity index (χ4v) is 0.797. The van der Waals surface area contributed by atoms with E-state index in [0.29, 0.717) is 5.89 Å². The number of hydrogen-bond donors (Lipinski definition) is 0. The standard InChI is InChI=1S/C7H7ClN2O/c1-4(2)7-10-5(3-9)6(8)11-7/h4H,1-2H3. The molecule has 0 bridgehead atoms. The van der Waals surface area contributed by atoms with E-state index in [9.17, 15) is 0 Å². The van der Waals surface area contributed by atoms with Gasteiger partial charge in [-0.3, -0.25) is 0 Å². The van der Waals surface area contributed by atoms with E-state index in [4.69, 9.17) is 21.3 Å². The van der Waals surface area contributed by atoms with Crippen LogP contribution in [0.4, 0.5) is 0 Å². The first-order valence-electron chi connectivity index (χ1n) is 3.21. The topological polar surface area (TPSA) is 49.8 Å². The Morgan fingerprint density at radius 1 is 1.64 bits per heavy atom. The smallest absolute Gasteiger partial charge is 0.232 e. The maximum absolute atomic E-state index is 8.46. The number of hydrogen-bond acceptors (Lipinski definition) is 3. The van der Waals surface area contributed by atoms with Crippen molar-refractivity contribution in [3.05, 3.63) is 16.8 Å². The van der Waals surface area contributed by atoms with E-state index in [1.807, 2.05) is 19.9 Å². The molecule has 0 spiro atoms. The Bertz CT molecular complexity index is 298. The molecular weight excluding hydrogens is 164 g/mol. The first-order valence-corrected chi connectivity index (χ1v) is 3.59. The van der Waals surface area contributed by atoms with Gasteiger partial charge in [0.05, 0.1) is 0 Å². The molecule has 0 radical (unpaired) electrons. The van der Waals surface area contributed by atoms with Crippen molar-refractivity contribution in [1.29, 1.82) is 5.26 Å². The molecule has 58 valence electrons.